The van der Waals surface area contributed by atoms with E-state index in [-0.39, 0.29) is 0 Å². The summed E-state index contributed by atoms with van der Waals surface area (Å²) >= 11 is 1.86. The zero-order valence-electron chi connectivity index (χ0n) is 13.1. The Kier molecular flexibility index (Phi) is 4.60. The van der Waals surface area contributed by atoms with Gasteiger partial charge in [0.1, 0.15) is 0 Å². The number of nitrogens with two attached hydrogens (primary N) is 1. The summed E-state index contributed by atoms with van der Waals surface area (Å²) in [6.45, 7) is 5.56. The van der Waals surface area contributed by atoms with Crippen molar-refractivity contribution in [1.82, 2.24) is 4.98 Å². The summed E-state index contributed by atoms with van der Waals surface area (Å²) in [5.41, 5.74) is 7.18. The van der Waals surface area contributed by atoms with E-state index in [1.54, 1.807) is 0 Å². The number of aromatic nitrogens is 1. The van der Waals surface area contributed by atoms with Crippen molar-refractivity contribution in [1.29, 1.82) is 0 Å². The zero-order valence-corrected chi connectivity index (χ0v) is 13.9. The van der Waals surface area contributed by atoms with Gasteiger partial charge in [-0.1, -0.05) is 26.0 Å². The highest BCUT2D eigenvalue weighted by Crippen LogP contribution is 2.39. The lowest BCUT2D eigenvalue weighted by Gasteiger charge is -2.37. The Bertz CT molecular complexity index is 557. The number of fused-ring (bicyclic) bond motifs is 1. The summed E-state index contributed by atoms with van der Waals surface area (Å²) in [5, 5.41) is 1.30. The zero-order chi connectivity index (χ0) is 14.8. The Morgan fingerprint density at radius 2 is 2.05 bits per heavy atom. The van der Waals surface area contributed by atoms with E-state index in [9.17, 15) is 0 Å². The molecule has 3 atom stereocenters. The van der Waals surface area contributed by atoms with Gasteiger partial charge in [0.05, 0.1) is 15.2 Å². The molecule has 1 saturated carbocycles. The van der Waals surface area contributed by atoms with Crippen LogP contribution in [-0.2, 0) is 6.42 Å². The van der Waals surface area contributed by atoms with Crippen LogP contribution in [0.25, 0.3) is 10.2 Å². The predicted octanol–water partition coefficient (Wildman–Crippen LogP) is 4.49. The molecule has 1 aromatic heterocycles. The van der Waals surface area contributed by atoms with E-state index in [0.717, 1.165) is 36.2 Å². The Labute approximate surface area is 131 Å². The minimum Gasteiger partial charge on any atom is -0.330 e. The molecule has 2 nitrogen and oxygen atoms in total. The second-order valence-corrected chi connectivity index (χ2v) is 7.97. The number of rotatable bonds is 4. The lowest BCUT2D eigenvalue weighted by atomic mass is 9.69. The molecule has 1 heterocycles. The molecule has 1 aliphatic rings. The molecular weight excluding hydrogens is 276 g/mol. The van der Waals surface area contributed by atoms with E-state index in [1.807, 2.05) is 11.3 Å². The Hall–Kier alpha value is -0.930. The molecule has 2 aromatic rings. The van der Waals surface area contributed by atoms with E-state index in [4.69, 9.17) is 10.7 Å². The van der Waals surface area contributed by atoms with Crippen molar-refractivity contribution in [3.05, 3.63) is 29.3 Å². The third-order valence-electron chi connectivity index (χ3n) is 5.20. The SMILES string of the molecule is CC(C)C1CCC(CN)C(Cc2nc3ccccc3s2)C1. The van der Waals surface area contributed by atoms with Gasteiger partial charge in [0, 0.05) is 6.42 Å². The van der Waals surface area contributed by atoms with Crippen LogP contribution in [0.2, 0.25) is 0 Å². The molecule has 0 radical (unpaired) electrons. The second kappa shape index (κ2) is 6.45. The van der Waals surface area contributed by atoms with Gasteiger partial charge in [-0.2, -0.15) is 0 Å². The molecule has 21 heavy (non-hydrogen) atoms. The molecule has 0 saturated heterocycles. The van der Waals surface area contributed by atoms with Crippen LogP contribution in [0.3, 0.4) is 0 Å². The first-order valence-corrected chi connectivity index (χ1v) is 9.03. The molecule has 0 bridgehead atoms. The van der Waals surface area contributed by atoms with E-state index in [1.165, 1.54) is 29.0 Å². The molecule has 3 rings (SSSR count). The molecule has 1 aromatic carbocycles. The lowest BCUT2D eigenvalue weighted by molar-refractivity contribution is 0.151. The van der Waals surface area contributed by atoms with Gasteiger partial charge < -0.3 is 5.73 Å². The average molecular weight is 302 g/mol. The first kappa shape index (κ1) is 15.0. The van der Waals surface area contributed by atoms with Crippen molar-refractivity contribution in [2.24, 2.45) is 29.4 Å². The maximum atomic E-state index is 6.03. The smallest absolute Gasteiger partial charge is 0.0941 e. The van der Waals surface area contributed by atoms with Crippen LogP contribution < -0.4 is 5.73 Å². The summed E-state index contributed by atoms with van der Waals surface area (Å²) in [4.78, 5) is 4.82. The van der Waals surface area contributed by atoms with Crippen molar-refractivity contribution in [2.75, 3.05) is 6.54 Å². The number of benzene rings is 1. The van der Waals surface area contributed by atoms with Crippen LogP contribution in [-0.4, -0.2) is 11.5 Å². The average Bonchev–Trinajstić information content (AvgIpc) is 2.89. The molecule has 0 aliphatic heterocycles. The lowest BCUT2D eigenvalue weighted by Crippen LogP contribution is -2.33. The van der Waals surface area contributed by atoms with Gasteiger partial charge in [-0.05, 0) is 61.6 Å². The number of nitrogens with zero attached hydrogens (tertiary/aromatic N) is 1. The second-order valence-electron chi connectivity index (χ2n) is 6.85. The molecule has 0 spiro atoms. The van der Waals surface area contributed by atoms with Gasteiger partial charge in [0.25, 0.3) is 0 Å². The van der Waals surface area contributed by atoms with E-state index >= 15 is 0 Å². The molecule has 3 heteroatoms. The van der Waals surface area contributed by atoms with Gasteiger partial charge >= 0.3 is 0 Å². The first-order chi connectivity index (χ1) is 10.2. The van der Waals surface area contributed by atoms with Crippen molar-refractivity contribution in [3.8, 4) is 0 Å². The van der Waals surface area contributed by atoms with Crippen LogP contribution >= 0.6 is 11.3 Å². The molecule has 2 N–H and O–H groups in total. The highest BCUT2D eigenvalue weighted by Gasteiger charge is 2.31. The summed E-state index contributed by atoms with van der Waals surface area (Å²) in [7, 11) is 0. The van der Waals surface area contributed by atoms with E-state index in [0.29, 0.717) is 5.92 Å². The van der Waals surface area contributed by atoms with Crippen LogP contribution in [0, 0.1) is 23.7 Å². The van der Waals surface area contributed by atoms with E-state index < -0.39 is 0 Å². The Balaban J connectivity index is 1.76. The van der Waals surface area contributed by atoms with Gasteiger partial charge in [-0.25, -0.2) is 4.98 Å². The quantitative estimate of drug-likeness (QED) is 0.904. The monoisotopic (exact) mass is 302 g/mol. The van der Waals surface area contributed by atoms with Crippen LogP contribution in [0.4, 0.5) is 0 Å². The fourth-order valence-electron chi connectivity index (χ4n) is 3.76. The van der Waals surface area contributed by atoms with Gasteiger partial charge in [0.15, 0.2) is 0 Å². The normalized spacial score (nSPS) is 26.6. The Morgan fingerprint density at radius 3 is 2.76 bits per heavy atom. The molecular formula is C18H26N2S. The molecule has 1 aliphatic carbocycles. The number of thiazole rings is 1. The Morgan fingerprint density at radius 1 is 1.24 bits per heavy atom. The highest BCUT2D eigenvalue weighted by molar-refractivity contribution is 7.18. The van der Waals surface area contributed by atoms with Gasteiger partial charge in [-0.3, -0.25) is 0 Å². The van der Waals surface area contributed by atoms with Crippen molar-refractivity contribution in [2.45, 2.75) is 39.5 Å². The van der Waals surface area contributed by atoms with Crippen molar-refractivity contribution >= 4 is 21.6 Å². The fraction of sp³-hybridized carbons (Fsp3) is 0.611. The first-order valence-electron chi connectivity index (χ1n) is 8.22. The summed E-state index contributed by atoms with van der Waals surface area (Å²) in [6.07, 6.45) is 5.10. The summed E-state index contributed by atoms with van der Waals surface area (Å²) < 4.78 is 1.31. The molecule has 0 amide bonds. The minimum atomic E-state index is 0.687. The maximum Gasteiger partial charge on any atom is 0.0941 e. The standard InChI is InChI=1S/C18H26N2S/c1-12(2)13-7-8-14(11-19)15(9-13)10-18-20-16-5-3-4-6-17(16)21-18/h3-6,12-15H,7-11,19H2,1-2H3. The minimum absolute atomic E-state index is 0.687. The highest BCUT2D eigenvalue weighted by atomic mass is 32.1. The van der Waals surface area contributed by atoms with Crippen LogP contribution in [0.15, 0.2) is 24.3 Å². The number of para-hydroxylation sites is 1. The van der Waals surface area contributed by atoms with Crippen LogP contribution in [0.5, 0.6) is 0 Å². The van der Waals surface area contributed by atoms with Crippen molar-refractivity contribution < 1.29 is 0 Å². The maximum absolute atomic E-state index is 6.03. The summed E-state index contributed by atoms with van der Waals surface area (Å²) in [5.74, 6) is 3.07. The molecule has 1 fully saturated rings. The number of hydrogen-bond donors (Lipinski definition) is 1. The fourth-order valence-corrected chi connectivity index (χ4v) is 4.82. The van der Waals surface area contributed by atoms with Crippen LogP contribution in [0.1, 0.15) is 38.1 Å². The van der Waals surface area contributed by atoms with Gasteiger partial charge in [0.2, 0.25) is 0 Å². The van der Waals surface area contributed by atoms with Crippen molar-refractivity contribution in [3.63, 3.8) is 0 Å². The molecule has 114 valence electrons. The summed E-state index contributed by atoms with van der Waals surface area (Å²) in [6, 6.07) is 8.47. The third-order valence-corrected chi connectivity index (χ3v) is 6.26. The third kappa shape index (κ3) is 3.29. The predicted molar refractivity (Wildman–Crippen MR) is 91.5 cm³/mol. The van der Waals surface area contributed by atoms with E-state index in [2.05, 4.69) is 38.1 Å². The number of hydrogen-bond acceptors (Lipinski definition) is 3. The largest absolute Gasteiger partial charge is 0.330 e. The molecule has 3 unspecified atom stereocenters. The van der Waals surface area contributed by atoms with Gasteiger partial charge in [-0.15, -0.1) is 11.3 Å². The topological polar surface area (TPSA) is 38.9 Å².